The quantitative estimate of drug-likeness (QED) is 0.324. The first-order valence-corrected chi connectivity index (χ1v) is 13.9. The number of pyridine rings is 2. The third-order valence-electron chi connectivity index (χ3n) is 8.61. The lowest BCUT2D eigenvalue weighted by atomic mass is 9.98. The number of fused-ring (bicyclic) bond motifs is 4. The van der Waals surface area contributed by atoms with Gasteiger partial charge in [0.25, 0.3) is 0 Å². The van der Waals surface area contributed by atoms with E-state index in [4.69, 9.17) is 21.3 Å². The van der Waals surface area contributed by atoms with Gasteiger partial charge in [-0.1, -0.05) is 23.7 Å². The first kappa shape index (κ1) is 24.0. The number of aromatic nitrogens is 4. The molecule has 0 amide bonds. The number of rotatable bonds is 5. The summed E-state index contributed by atoms with van der Waals surface area (Å²) in [6.07, 6.45) is 11.0. The van der Waals surface area contributed by atoms with Crippen LogP contribution < -0.4 is 9.64 Å². The minimum Gasteiger partial charge on any atom is -0.462 e. The summed E-state index contributed by atoms with van der Waals surface area (Å²) in [5.41, 5.74) is 0.934. The second kappa shape index (κ2) is 9.58. The summed E-state index contributed by atoms with van der Waals surface area (Å²) in [5.74, 6) is 1.50. The van der Waals surface area contributed by atoms with Crippen LogP contribution in [0.2, 0.25) is 5.02 Å². The van der Waals surface area contributed by atoms with Crippen molar-refractivity contribution in [2.45, 2.75) is 38.1 Å². The molecular weight excluding hydrogens is 503 g/mol. The fourth-order valence-electron chi connectivity index (χ4n) is 6.63. The Labute approximate surface area is 226 Å². The maximum absolute atomic E-state index is 16.4. The SMILES string of the molecule is CN1CCC[C@H]1COc1nc(N2CC3CCC(C3)C2)c2cnc(-c3cncc4cccc(Cl)c34)c(F)c2n1. The first-order valence-electron chi connectivity index (χ1n) is 13.5. The van der Waals surface area contributed by atoms with Gasteiger partial charge in [0.1, 0.15) is 23.6 Å². The fraction of sp³-hybridized carbons (Fsp3) is 0.448. The molecule has 0 radical (unpaired) electrons. The summed E-state index contributed by atoms with van der Waals surface area (Å²) < 4.78 is 22.6. The number of likely N-dealkylation sites (tertiary alicyclic amines) is 1. The van der Waals surface area contributed by atoms with Crippen LogP contribution in [0.25, 0.3) is 32.9 Å². The molecule has 1 aliphatic carbocycles. The second-order valence-electron chi connectivity index (χ2n) is 11.1. The van der Waals surface area contributed by atoms with Crippen LogP contribution in [-0.2, 0) is 0 Å². The normalized spacial score (nSPS) is 23.6. The Hall–Kier alpha value is -3.10. The van der Waals surface area contributed by atoms with Crippen molar-refractivity contribution in [2.24, 2.45) is 11.8 Å². The number of anilines is 1. The number of halogens is 2. The van der Waals surface area contributed by atoms with E-state index in [1.165, 1.54) is 19.3 Å². The predicted octanol–water partition coefficient (Wildman–Crippen LogP) is 5.74. The van der Waals surface area contributed by atoms with Gasteiger partial charge in [0.05, 0.1) is 5.39 Å². The molecule has 0 N–H and O–H groups in total. The molecule has 4 aromatic rings. The van der Waals surface area contributed by atoms with Gasteiger partial charge in [0.2, 0.25) is 0 Å². The van der Waals surface area contributed by atoms with Crippen LogP contribution in [-0.4, -0.2) is 64.2 Å². The lowest BCUT2D eigenvalue weighted by molar-refractivity contribution is 0.188. The van der Waals surface area contributed by atoms with Crippen LogP contribution in [0, 0.1) is 17.7 Å². The molecule has 196 valence electrons. The van der Waals surface area contributed by atoms with Crippen molar-refractivity contribution >= 4 is 39.1 Å². The van der Waals surface area contributed by atoms with E-state index in [0.29, 0.717) is 46.3 Å². The van der Waals surface area contributed by atoms with E-state index in [1.807, 2.05) is 12.1 Å². The smallest absolute Gasteiger partial charge is 0.319 e. The summed E-state index contributed by atoms with van der Waals surface area (Å²) >= 11 is 6.55. The van der Waals surface area contributed by atoms with Gasteiger partial charge < -0.3 is 14.5 Å². The maximum atomic E-state index is 16.4. The van der Waals surface area contributed by atoms with Crippen LogP contribution >= 0.6 is 11.6 Å². The monoisotopic (exact) mass is 532 g/mol. The zero-order valence-corrected chi connectivity index (χ0v) is 22.2. The van der Waals surface area contributed by atoms with Crippen molar-refractivity contribution in [3.05, 3.63) is 47.6 Å². The Bertz CT molecular complexity index is 1520. The molecule has 1 aromatic carbocycles. The number of piperidine rings is 1. The predicted molar refractivity (Wildman–Crippen MR) is 147 cm³/mol. The maximum Gasteiger partial charge on any atom is 0.319 e. The highest BCUT2D eigenvalue weighted by Crippen LogP contribution is 2.41. The van der Waals surface area contributed by atoms with Gasteiger partial charge >= 0.3 is 6.01 Å². The van der Waals surface area contributed by atoms with E-state index in [2.05, 4.69) is 31.8 Å². The van der Waals surface area contributed by atoms with Gasteiger partial charge in [-0.15, -0.1) is 0 Å². The molecule has 3 aromatic heterocycles. The molecule has 2 aliphatic heterocycles. The average molecular weight is 533 g/mol. The summed E-state index contributed by atoms with van der Waals surface area (Å²) in [4.78, 5) is 23.0. The molecule has 3 aliphatic rings. The Kier molecular flexibility index (Phi) is 6.04. The van der Waals surface area contributed by atoms with Crippen molar-refractivity contribution < 1.29 is 9.13 Å². The van der Waals surface area contributed by atoms with E-state index < -0.39 is 5.82 Å². The van der Waals surface area contributed by atoms with E-state index in [0.717, 1.165) is 43.2 Å². The van der Waals surface area contributed by atoms with Crippen LogP contribution in [0.1, 0.15) is 32.1 Å². The molecule has 5 heterocycles. The number of hydrogen-bond donors (Lipinski definition) is 0. The van der Waals surface area contributed by atoms with Gasteiger partial charge in [-0.3, -0.25) is 9.97 Å². The highest BCUT2D eigenvalue weighted by molar-refractivity contribution is 6.36. The van der Waals surface area contributed by atoms with E-state index in [1.54, 1.807) is 24.7 Å². The van der Waals surface area contributed by atoms with Gasteiger partial charge in [-0.2, -0.15) is 9.97 Å². The second-order valence-corrected chi connectivity index (χ2v) is 11.5. The third-order valence-corrected chi connectivity index (χ3v) is 8.93. The Morgan fingerprint density at radius 1 is 1.08 bits per heavy atom. The average Bonchev–Trinajstić information content (AvgIpc) is 3.50. The van der Waals surface area contributed by atoms with Gasteiger partial charge in [-0.25, -0.2) is 4.39 Å². The molecule has 2 unspecified atom stereocenters. The molecule has 0 spiro atoms. The van der Waals surface area contributed by atoms with E-state index in [-0.39, 0.29) is 17.2 Å². The molecular formula is C29H30ClFN6O. The molecule has 7 rings (SSSR count). The number of likely N-dealkylation sites (N-methyl/N-ethyl adjacent to an activating group) is 1. The summed E-state index contributed by atoms with van der Waals surface area (Å²) in [6, 6.07) is 6.09. The van der Waals surface area contributed by atoms with Crippen LogP contribution in [0.15, 0.2) is 36.8 Å². The molecule has 9 heteroatoms. The molecule has 7 nitrogen and oxygen atoms in total. The van der Waals surface area contributed by atoms with Gasteiger partial charge in [0, 0.05) is 59.1 Å². The van der Waals surface area contributed by atoms with Crippen molar-refractivity contribution in [1.82, 2.24) is 24.8 Å². The van der Waals surface area contributed by atoms with E-state index in [9.17, 15) is 0 Å². The van der Waals surface area contributed by atoms with Crippen molar-refractivity contribution in [3.63, 3.8) is 0 Å². The number of nitrogens with zero attached hydrogens (tertiary/aromatic N) is 6. The summed E-state index contributed by atoms with van der Waals surface area (Å²) in [7, 11) is 2.11. The molecule has 1 saturated carbocycles. The highest BCUT2D eigenvalue weighted by Gasteiger charge is 2.35. The molecule has 3 atom stereocenters. The number of ether oxygens (including phenoxy) is 1. The van der Waals surface area contributed by atoms with Crippen molar-refractivity contribution in [1.29, 1.82) is 0 Å². The molecule has 3 fully saturated rings. The Morgan fingerprint density at radius 3 is 2.71 bits per heavy atom. The fourth-order valence-corrected chi connectivity index (χ4v) is 6.91. The van der Waals surface area contributed by atoms with Crippen LogP contribution in [0.4, 0.5) is 10.2 Å². The summed E-state index contributed by atoms with van der Waals surface area (Å²) in [6.45, 7) is 3.37. The third kappa shape index (κ3) is 4.14. The lowest BCUT2D eigenvalue weighted by Crippen LogP contribution is -2.37. The molecule has 2 bridgehead atoms. The van der Waals surface area contributed by atoms with Crippen molar-refractivity contribution in [3.8, 4) is 17.3 Å². The standard InChI is InChI=1S/C29H30ClFN6O/c1-36-9-3-5-20(36)16-38-29-34-27-22(28(35-29)37-14-17-7-8-18(10-17)15-37)13-33-26(25(27)31)21-12-32-11-19-4-2-6-23(30)24(19)21/h2,4,6,11-13,17-18,20H,3,5,7-10,14-16H2,1H3/t17?,18?,20-/m0/s1. The van der Waals surface area contributed by atoms with Crippen LogP contribution in [0.3, 0.4) is 0 Å². The largest absolute Gasteiger partial charge is 0.462 e. The number of benzene rings is 1. The Morgan fingerprint density at radius 2 is 1.92 bits per heavy atom. The zero-order chi connectivity index (χ0) is 25.8. The van der Waals surface area contributed by atoms with Crippen LogP contribution in [0.5, 0.6) is 6.01 Å². The zero-order valence-electron chi connectivity index (χ0n) is 21.4. The first-order chi connectivity index (χ1) is 18.5. The van der Waals surface area contributed by atoms with Gasteiger partial charge in [0.15, 0.2) is 5.82 Å². The van der Waals surface area contributed by atoms with Gasteiger partial charge in [-0.05, 0) is 63.6 Å². The minimum atomic E-state index is -0.511. The van der Waals surface area contributed by atoms with Crippen molar-refractivity contribution in [2.75, 3.05) is 38.2 Å². The molecule has 38 heavy (non-hydrogen) atoms. The number of hydrogen-bond acceptors (Lipinski definition) is 7. The minimum absolute atomic E-state index is 0.175. The lowest BCUT2D eigenvalue weighted by Gasteiger charge is -2.33. The summed E-state index contributed by atoms with van der Waals surface area (Å²) in [5, 5.41) is 2.68. The topological polar surface area (TPSA) is 67.3 Å². The van der Waals surface area contributed by atoms with E-state index >= 15 is 4.39 Å². The molecule has 2 saturated heterocycles. The highest BCUT2D eigenvalue weighted by atomic mass is 35.5. The Balaban J connectivity index is 1.36.